The summed E-state index contributed by atoms with van der Waals surface area (Å²) < 4.78 is 0. The van der Waals surface area contributed by atoms with Crippen molar-refractivity contribution >= 4 is 0 Å². The third-order valence-corrected chi connectivity index (χ3v) is 2.10. The minimum Gasteiger partial charge on any atom is -0.384 e. The summed E-state index contributed by atoms with van der Waals surface area (Å²) in [5.74, 6) is 0. The summed E-state index contributed by atoms with van der Waals surface area (Å²) in [5.41, 5.74) is 2.60. The number of benzene rings is 1. The number of hydrogen-bond acceptors (Lipinski definition) is 1. The van der Waals surface area contributed by atoms with Crippen molar-refractivity contribution in [2.75, 3.05) is 0 Å². The Morgan fingerprint density at radius 2 is 2.08 bits per heavy atom. The van der Waals surface area contributed by atoms with E-state index in [9.17, 15) is 5.11 Å². The highest BCUT2D eigenvalue weighted by atomic mass is 16.3. The Labute approximate surface area is 79.0 Å². The van der Waals surface area contributed by atoms with Gasteiger partial charge in [0.15, 0.2) is 0 Å². The molecule has 0 aliphatic heterocycles. The molecule has 13 heavy (non-hydrogen) atoms. The summed E-state index contributed by atoms with van der Waals surface area (Å²) in [4.78, 5) is 0. The molecule has 0 heterocycles. The molecule has 1 nitrogen and oxygen atoms in total. The van der Waals surface area contributed by atoms with Crippen molar-refractivity contribution in [1.29, 1.82) is 0 Å². The molecular weight excluding hydrogens is 160 g/mol. The quantitative estimate of drug-likeness (QED) is 0.698. The molecule has 0 amide bonds. The largest absolute Gasteiger partial charge is 0.384 e. The summed E-state index contributed by atoms with van der Waals surface area (Å²) in [6, 6.07) is 7.72. The van der Waals surface area contributed by atoms with E-state index in [1.165, 1.54) is 0 Å². The number of rotatable bonds is 3. The van der Waals surface area contributed by atoms with Crippen molar-refractivity contribution < 1.29 is 5.11 Å². The third kappa shape index (κ3) is 2.07. The first-order valence-corrected chi connectivity index (χ1v) is 4.21. The van der Waals surface area contributed by atoms with Crippen molar-refractivity contribution in [2.45, 2.75) is 13.0 Å². The molecule has 0 bridgehead atoms. The zero-order chi connectivity index (χ0) is 9.84. The lowest BCUT2D eigenvalue weighted by molar-refractivity contribution is 0.219. The highest BCUT2D eigenvalue weighted by Gasteiger charge is 2.10. The Bertz CT molecular complexity index is 326. The molecule has 1 rings (SSSR count). The van der Waals surface area contributed by atoms with Gasteiger partial charge < -0.3 is 5.11 Å². The summed E-state index contributed by atoms with van der Waals surface area (Å²) in [6.45, 7) is 9.27. The Hall–Kier alpha value is -1.34. The van der Waals surface area contributed by atoms with Gasteiger partial charge in [-0.25, -0.2) is 0 Å². The first kappa shape index (κ1) is 9.75. The fraction of sp³-hybridized carbons (Fsp3) is 0.167. The second-order valence-electron chi connectivity index (χ2n) is 3.04. The van der Waals surface area contributed by atoms with Crippen LogP contribution in [-0.2, 0) is 0 Å². The molecule has 0 aliphatic carbocycles. The van der Waals surface area contributed by atoms with Gasteiger partial charge in [0, 0.05) is 0 Å². The summed E-state index contributed by atoms with van der Waals surface area (Å²) in [5, 5.41) is 9.80. The Kier molecular flexibility index (Phi) is 3.04. The van der Waals surface area contributed by atoms with Crippen LogP contribution < -0.4 is 0 Å². The van der Waals surface area contributed by atoms with Crippen LogP contribution in [0.25, 0.3) is 0 Å². The zero-order valence-corrected chi connectivity index (χ0v) is 7.83. The molecular formula is C12H14O. The van der Waals surface area contributed by atoms with E-state index < -0.39 is 6.10 Å². The Balaban J connectivity index is 3.01. The fourth-order valence-electron chi connectivity index (χ4n) is 1.20. The van der Waals surface area contributed by atoms with Crippen LogP contribution in [0.3, 0.4) is 0 Å². The second-order valence-corrected chi connectivity index (χ2v) is 3.04. The lowest BCUT2D eigenvalue weighted by Crippen LogP contribution is -2.00. The monoisotopic (exact) mass is 174 g/mol. The van der Waals surface area contributed by atoms with Crippen LogP contribution in [0.15, 0.2) is 49.1 Å². The maximum absolute atomic E-state index is 9.80. The van der Waals surface area contributed by atoms with Crippen LogP contribution in [-0.4, -0.2) is 5.11 Å². The molecule has 68 valence electrons. The molecule has 0 radical (unpaired) electrons. The van der Waals surface area contributed by atoms with Crippen molar-refractivity contribution in [3.63, 3.8) is 0 Å². The van der Waals surface area contributed by atoms with Crippen molar-refractivity contribution in [2.24, 2.45) is 0 Å². The molecule has 1 N–H and O–H groups in total. The van der Waals surface area contributed by atoms with Gasteiger partial charge in [-0.3, -0.25) is 0 Å². The average molecular weight is 174 g/mol. The fourth-order valence-corrected chi connectivity index (χ4v) is 1.20. The summed E-state index contributed by atoms with van der Waals surface area (Å²) in [7, 11) is 0. The van der Waals surface area contributed by atoms with Crippen molar-refractivity contribution in [3.05, 3.63) is 60.2 Å². The highest BCUT2D eigenvalue weighted by Crippen LogP contribution is 2.23. The highest BCUT2D eigenvalue weighted by molar-refractivity contribution is 5.34. The van der Waals surface area contributed by atoms with Crippen molar-refractivity contribution in [1.82, 2.24) is 0 Å². The molecule has 0 aromatic heterocycles. The first-order valence-electron chi connectivity index (χ1n) is 4.21. The molecule has 0 unspecified atom stereocenters. The van der Waals surface area contributed by atoms with Gasteiger partial charge >= 0.3 is 0 Å². The Morgan fingerprint density at radius 3 is 2.62 bits per heavy atom. The van der Waals surface area contributed by atoms with Crippen LogP contribution in [0, 0.1) is 6.92 Å². The first-order chi connectivity index (χ1) is 6.16. The number of aliphatic hydroxyl groups is 1. The van der Waals surface area contributed by atoms with Gasteiger partial charge in [-0.2, -0.15) is 0 Å². The van der Waals surface area contributed by atoms with Gasteiger partial charge in [-0.1, -0.05) is 43.5 Å². The van der Waals surface area contributed by atoms with Crippen LogP contribution >= 0.6 is 0 Å². The summed E-state index contributed by atoms with van der Waals surface area (Å²) in [6.07, 6.45) is 0.954. The molecule has 1 aromatic carbocycles. The van der Waals surface area contributed by atoms with Gasteiger partial charge in [-0.05, 0) is 23.6 Å². The molecule has 0 saturated heterocycles. The minimum absolute atomic E-state index is 0.626. The van der Waals surface area contributed by atoms with Gasteiger partial charge in [0.05, 0.1) is 0 Å². The van der Waals surface area contributed by atoms with E-state index >= 15 is 0 Å². The molecule has 1 heteroatoms. The predicted molar refractivity (Wildman–Crippen MR) is 55.5 cm³/mol. The molecule has 1 aromatic rings. The lowest BCUT2D eigenvalue weighted by atomic mass is 9.99. The Morgan fingerprint density at radius 1 is 1.46 bits per heavy atom. The van der Waals surface area contributed by atoms with Crippen LogP contribution in [0.5, 0.6) is 0 Å². The third-order valence-electron chi connectivity index (χ3n) is 2.10. The summed E-state index contributed by atoms with van der Waals surface area (Å²) >= 11 is 0. The maximum atomic E-state index is 9.80. The average Bonchev–Trinajstić information content (AvgIpc) is 2.16. The minimum atomic E-state index is -0.626. The topological polar surface area (TPSA) is 20.2 Å². The van der Waals surface area contributed by atoms with Crippen LogP contribution in [0.2, 0.25) is 0 Å². The molecule has 0 fully saturated rings. The van der Waals surface area contributed by atoms with E-state index in [2.05, 4.69) is 13.2 Å². The van der Waals surface area contributed by atoms with Gasteiger partial charge in [0.25, 0.3) is 0 Å². The van der Waals surface area contributed by atoms with Crippen molar-refractivity contribution in [3.8, 4) is 0 Å². The lowest BCUT2D eigenvalue weighted by Gasteiger charge is -2.13. The second kappa shape index (κ2) is 4.06. The number of aliphatic hydroxyl groups excluding tert-OH is 1. The van der Waals surface area contributed by atoms with E-state index in [0.717, 1.165) is 11.1 Å². The van der Waals surface area contributed by atoms with Gasteiger partial charge in [0.2, 0.25) is 0 Å². The number of hydrogen-bond donors (Lipinski definition) is 1. The van der Waals surface area contributed by atoms with E-state index in [-0.39, 0.29) is 0 Å². The van der Waals surface area contributed by atoms with Crippen LogP contribution in [0.4, 0.5) is 0 Å². The van der Waals surface area contributed by atoms with E-state index in [1.807, 2.05) is 31.2 Å². The smallest absolute Gasteiger partial charge is 0.104 e. The SMILES string of the molecule is C=CC(=C)[C@@H](O)c1ccccc1C. The molecule has 0 saturated carbocycles. The van der Waals surface area contributed by atoms with E-state index in [0.29, 0.717) is 5.57 Å². The van der Waals surface area contributed by atoms with E-state index in [1.54, 1.807) is 6.08 Å². The van der Waals surface area contributed by atoms with Gasteiger partial charge in [-0.15, -0.1) is 0 Å². The van der Waals surface area contributed by atoms with E-state index in [4.69, 9.17) is 0 Å². The maximum Gasteiger partial charge on any atom is 0.104 e. The molecule has 0 spiro atoms. The molecule has 1 atom stereocenters. The number of aryl methyl sites for hydroxylation is 1. The van der Waals surface area contributed by atoms with Crippen LogP contribution in [0.1, 0.15) is 17.2 Å². The van der Waals surface area contributed by atoms with Gasteiger partial charge in [0.1, 0.15) is 6.10 Å². The molecule has 0 aliphatic rings. The predicted octanol–water partition coefficient (Wildman–Crippen LogP) is 2.77. The standard InChI is InChI=1S/C12H14O/c1-4-9(2)12(13)11-8-6-5-7-10(11)3/h4-8,12-13H,1-2H2,3H3/t12-/m1/s1. The normalized spacial score (nSPS) is 12.2. The zero-order valence-electron chi connectivity index (χ0n) is 7.83.